The van der Waals surface area contributed by atoms with Gasteiger partial charge in [-0.3, -0.25) is 0 Å². The molecule has 3 nitrogen and oxygen atoms in total. The third kappa shape index (κ3) is 3.61. The smallest absolute Gasteiger partial charge is 0.211 e. The Balaban J connectivity index is 2.70. The van der Waals surface area contributed by atoms with E-state index in [1.807, 2.05) is 0 Å². The molecule has 0 aromatic heterocycles. The quantitative estimate of drug-likeness (QED) is 0.780. The van der Waals surface area contributed by atoms with Crippen LogP contribution in [-0.2, 0) is 10.0 Å². The van der Waals surface area contributed by atoms with Crippen LogP contribution in [0.5, 0.6) is 0 Å². The van der Waals surface area contributed by atoms with E-state index in [0.29, 0.717) is 11.8 Å². The van der Waals surface area contributed by atoms with Gasteiger partial charge in [0, 0.05) is 11.4 Å². The van der Waals surface area contributed by atoms with E-state index in [4.69, 9.17) is 11.6 Å². The maximum absolute atomic E-state index is 11.5. The molecular formula is C10H20ClNO2S. The minimum absolute atomic E-state index is 0.126. The molecule has 5 heteroatoms. The summed E-state index contributed by atoms with van der Waals surface area (Å²) in [6, 6.07) is 0. The summed E-state index contributed by atoms with van der Waals surface area (Å²) in [6.45, 7) is 3.85. The number of sulfonamides is 1. The molecule has 1 rings (SSSR count). The summed E-state index contributed by atoms with van der Waals surface area (Å²) in [7, 11) is -3.14. The van der Waals surface area contributed by atoms with E-state index < -0.39 is 10.0 Å². The molecule has 1 fully saturated rings. The van der Waals surface area contributed by atoms with E-state index in [1.165, 1.54) is 0 Å². The van der Waals surface area contributed by atoms with Crippen molar-refractivity contribution in [3.05, 3.63) is 0 Å². The van der Waals surface area contributed by atoms with Gasteiger partial charge < -0.3 is 0 Å². The molecule has 0 spiro atoms. The minimum Gasteiger partial charge on any atom is -0.212 e. The zero-order valence-corrected chi connectivity index (χ0v) is 11.0. The molecule has 90 valence electrons. The highest BCUT2D eigenvalue weighted by Crippen LogP contribution is 2.33. The fourth-order valence-corrected chi connectivity index (χ4v) is 3.47. The second-order valence-electron chi connectivity index (χ2n) is 4.60. The summed E-state index contributed by atoms with van der Waals surface area (Å²) in [5.41, 5.74) is -0.386. The molecule has 0 saturated heterocycles. The van der Waals surface area contributed by atoms with Gasteiger partial charge in [0.1, 0.15) is 0 Å². The summed E-state index contributed by atoms with van der Waals surface area (Å²) in [6.07, 6.45) is 3.83. The van der Waals surface area contributed by atoms with Crippen LogP contribution in [0.4, 0.5) is 0 Å². The Kier molecular flexibility index (Phi) is 4.44. The first-order chi connectivity index (χ1) is 6.93. The second kappa shape index (κ2) is 5.02. The molecule has 1 aliphatic carbocycles. The Labute approximate surface area is 97.6 Å². The van der Waals surface area contributed by atoms with E-state index in [-0.39, 0.29) is 11.3 Å². The number of alkyl halides is 1. The van der Waals surface area contributed by atoms with Crippen molar-refractivity contribution in [2.24, 2.45) is 5.92 Å². The van der Waals surface area contributed by atoms with Gasteiger partial charge in [0.15, 0.2) is 0 Å². The van der Waals surface area contributed by atoms with Crippen molar-refractivity contribution < 1.29 is 8.42 Å². The molecule has 0 aromatic rings. The van der Waals surface area contributed by atoms with Crippen molar-refractivity contribution in [2.45, 2.75) is 45.1 Å². The first kappa shape index (κ1) is 13.3. The van der Waals surface area contributed by atoms with Crippen LogP contribution in [0.1, 0.15) is 39.5 Å². The van der Waals surface area contributed by atoms with Crippen molar-refractivity contribution in [3.8, 4) is 0 Å². The Hall–Kier alpha value is 0.200. The lowest BCUT2D eigenvalue weighted by atomic mass is 9.79. The van der Waals surface area contributed by atoms with Crippen molar-refractivity contribution in [3.63, 3.8) is 0 Å². The molecule has 0 bridgehead atoms. The normalized spacial score (nSPS) is 32.9. The largest absolute Gasteiger partial charge is 0.212 e. The van der Waals surface area contributed by atoms with Gasteiger partial charge in [-0.25, -0.2) is 13.1 Å². The molecule has 15 heavy (non-hydrogen) atoms. The summed E-state index contributed by atoms with van der Waals surface area (Å²) in [5, 5.41) is 0. The van der Waals surface area contributed by atoms with Gasteiger partial charge in [-0.2, -0.15) is 0 Å². The summed E-state index contributed by atoms with van der Waals surface area (Å²) >= 11 is 5.92. The lowest BCUT2D eigenvalue weighted by molar-refractivity contribution is 0.247. The molecule has 0 amide bonds. The minimum atomic E-state index is -3.14. The highest BCUT2D eigenvalue weighted by Gasteiger charge is 2.36. The molecule has 0 unspecified atom stereocenters. The van der Waals surface area contributed by atoms with Crippen LogP contribution < -0.4 is 4.72 Å². The molecule has 0 radical (unpaired) electrons. The molecule has 1 saturated carbocycles. The van der Waals surface area contributed by atoms with E-state index in [9.17, 15) is 8.42 Å². The van der Waals surface area contributed by atoms with Crippen molar-refractivity contribution in [1.29, 1.82) is 0 Å². The number of hydrogen-bond acceptors (Lipinski definition) is 2. The average molecular weight is 254 g/mol. The van der Waals surface area contributed by atoms with Gasteiger partial charge in [-0.15, -0.1) is 11.6 Å². The second-order valence-corrected chi connectivity index (χ2v) is 6.88. The third-order valence-corrected chi connectivity index (χ3v) is 5.25. The fraction of sp³-hybridized carbons (Fsp3) is 1.00. The van der Waals surface area contributed by atoms with Crippen LogP contribution in [0.3, 0.4) is 0 Å². The van der Waals surface area contributed by atoms with Crippen molar-refractivity contribution in [1.82, 2.24) is 4.72 Å². The molecule has 0 aromatic carbocycles. The Bertz CT molecular complexity index is 295. The van der Waals surface area contributed by atoms with E-state index in [0.717, 1.165) is 25.7 Å². The molecule has 0 atom stereocenters. The topological polar surface area (TPSA) is 46.2 Å². The van der Waals surface area contributed by atoms with Gasteiger partial charge in [-0.1, -0.05) is 6.92 Å². The van der Waals surface area contributed by atoms with Gasteiger partial charge >= 0.3 is 0 Å². The summed E-state index contributed by atoms with van der Waals surface area (Å²) in [4.78, 5) is 0. The summed E-state index contributed by atoms with van der Waals surface area (Å²) < 4.78 is 25.9. The van der Waals surface area contributed by atoms with Crippen molar-refractivity contribution >= 4 is 21.6 Å². The third-order valence-electron chi connectivity index (χ3n) is 3.24. The van der Waals surface area contributed by atoms with Gasteiger partial charge in [-0.05, 0) is 38.5 Å². The maximum atomic E-state index is 11.5. The monoisotopic (exact) mass is 253 g/mol. The van der Waals surface area contributed by atoms with Gasteiger partial charge in [0.25, 0.3) is 0 Å². The molecule has 1 N–H and O–H groups in total. The molecular weight excluding hydrogens is 234 g/mol. The average Bonchev–Trinajstić information content (AvgIpc) is 2.22. The van der Waals surface area contributed by atoms with Gasteiger partial charge in [0.05, 0.1) is 5.75 Å². The van der Waals surface area contributed by atoms with Crippen LogP contribution >= 0.6 is 11.6 Å². The standard InChI is InChI=1S/C10H20ClNO2S/c1-3-15(13,14)12-10(8-11)6-4-9(2)5-7-10/h9,12H,3-8H2,1-2H3. The van der Waals surface area contributed by atoms with E-state index in [1.54, 1.807) is 6.92 Å². The molecule has 0 aliphatic heterocycles. The Morgan fingerprint density at radius 2 is 1.93 bits per heavy atom. The van der Waals surface area contributed by atoms with Crippen LogP contribution in [0.2, 0.25) is 0 Å². The predicted octanol–water partition coefficient (Wildman–Crippen LogP) is 2.11. The number of halogens is 1. The fourth-order valence-electron chi connectivity index (χ4n) is 1.98. The van der Waals surface area contributed by atoms with E-state index >= 15 is 0 Å². The predicted molar refractivity (Wildman–Crippen MR) is 63.7 cm³/mol. The number of hydrogen-bond donors (Lipinski definition) is 1. The lowest BCUT2D eigenvalue weighted by Gasteiger charge is -2.38. The Morgan fingerprint density at radius 3 is 2.33 bits per heavy atom. The molecule has 0 heterocycles. The zero-order valence-electron chi connectivity index (χ0n) is 9.42. The van der Waals surface area contributed by atoms with Crippen LogP contribution in [0, 0.1) is 5.92 Å². The van der Waals surface area contributed by atoms with Gasteiger partial charge in [0.2, 0.25) is 10.0 Å². The highest BCUT2D eigenvalue weighted by molar-refractivity contribution is 7.89. The van der Waals surface area contributed by atoms with Crippen LogP contribution in [0.25, 0.3) is 0 Å². The highest BCUT2D eigenvalue weighted by atomic mass is 35.5. The SMILES string of the molecule is CCS(=O)(=O)NC1(CCl)CCC(C)CC1. The number of nitrogens with one attached hydrogen (secondary N) is 1. The van der Waals surface area contributed by atoms with Crippen LogP contribution in [0.15, 0.2) is 0 Å². The van der Waals surface area contributed by atoms with Crippen LogP contribution in [-0.4, -0.2) is 25.6 Å². The first-order valence-electron chi connectivity index (χ1n) is 5.51. The van der Waals surface area contributed by atoms with Crippen molar-refractivity contribution in [2.75, 3.05) is 11.6 Å². The maximum Gasteiger partial charge on any atom is 0.211 e. The summed E-state index contributed by atoms with van der Waals surface area (Å²) in [5.74, 6) is 1.19. The Morgan fingerprint density at radius 1 is 1.40 bits per heavy atom. The first-order valence-corrected chi connectivity index (χ1v) is 7.69. The number of rotatable bonds is 4. The van der Waals surface area contributed by atoms with E-state index in [2.05, 4.69) is 11.6 Å². The lowest BCUT2D eigenvalue weighted by Crippen LogP contribution is -2.52. The molecule has 1 aliphatic rings. The zero-order chi connectivity index (χ0) is 11.5.